The minimum atomic E-state index is -2.38. The smallest absolute Gasteiger partial charge is 0.313 e. The number of halogens is 7. The number of benzene rings is 2. The number of amides is 1. The maximum atomic E-state index is 13.9. The van der Waals surface area contributed by atoms with E-state index in [-0.39, 0.29) is 17.0 Å². The summed E-state index contributed by atoms with van der Waals surface area (Å²) < 4.78 is 85.9. The van der Waals surface area contributed by atoms with Crippen LogP contribution in [0.2, 0.25) is 5.02 Å². The van der Waals surface area contributed by atoms with Gasteiger partial charge in [-0.15, -0.1) is 0 Å². The van der Waals surface area contributed by atoms with Gasteiger partial charge in [0, 0.05) is 11.1 Å². The minimum absolute atomic E-state index is 0.00854. The van der Waals surface area contributed by atoms with E-state index in [1.807, 2.05) is 0 Å². The van der Waals surface area contributed by atoms with Crippen LogP contribution in [0.3, 0.4) is 0 Å². The molecule has 0 radical (unpaired) electrons. The van der Waals surface area contributed by atoms with Crippen molar-refractivity contribution in [3.63, 3.8) is 0 Å². The van der Waals surface area contributed by atoms with Crippen molar-refractivity contribution < 1.29 is 40.7 Å². The number of allylic oxidation sites excluding steroid dienone is 1. The zero-order chi connectivity index (χ0) is 23.7. The summed E-state index contributed by atoms with van der Waals surface area (Å²) in [6.07, 6.45) is 2.90. The third kappa shape index (κ3) is 4.32. The van der Waals surface area contributed by atoms with Gasteiger partial charge in [-0.3, -0.25) is 9.59 Å². The fourth-order valence-electron chi connectivity index (χ4n) is 3.54. The van der Waals surface area contributed by atoms with Crippen LogP contribution in [0.1, 0.15) is 28.3 Å². The Morgan fingerprint density at radius 2 is 1.59 bits per heavy atom. The number of carbonyl (C=O) groups excluding carboxylic acids is 2. The first-order chi connectivity index (χ1) is 15.1. The second-order valence-corrected chi connectivity index (χ2v) is 7.38. The van der Waals surface area contributed by atoms with E-state index in [0.29, 0.717) is 0 Å². The number of hydrogen-bond donors (Lipinski definition) is 1. The molecule has 2 aromatic rings. The van der Waals surface area contributed by atoms with Gasteiger partial charge in [-0.1, -0.05) is 29.8 Å². The average Bonchev–Trinajstić information content (AvgIpc) is 3.20. The first-order valence-corrected chi connectivity index (χ1v) is 9.48. The lowest BCUT2D eigenvalue weighted by Crippen LogP contribution is -2.35. The molecule has 4 nitrogen and oxygen atoms in total. The molecular weight excluding hydrogens is 464 g/mol. The summed E-state index contributed by atoms with van der Waals surface area (Å²) in [6, 6.07) is 2.49. The number of hydrogen-bond acceptors (Lipinski definition) is 3. The predicted molar refractivity (Wildman–Crippen MR) is 101 cm³/mol. The van der Waals surface area contributed by atoms with Crippen molar-refractivity contribution in [3.8, 4) is 0 Å². The molecule has 1 amide bonds. The second kappa shape index (κ2) is 9.23. The highest BCUT2D eigenvalue weighted by molar-refractivity contribution is 6.31. The summed E-state index contributed by atoms with van der Waals surface area (Å²) in [4.78, 5) is 24.6. The molecule has 0 aliphatic heterocycles. The largest absolute Gasteiger partial charge is 0.469 e. The SMILES string of the molecule is COC(=O)[C@H](c1ccc(F)cc1Cl)[C@H]1C=C[C@H](NC(=O)c2c(F)c(F)c(F)c(F)c2F)C1. The van der Waals surface area contributed by atoms with Gasteiger partial charge in [0.15, 0.2) is 23.3 Å². The van der Waals surface area contributed by atoms with Crippen LogP contribution < -0.4 is 5.32 Å². The number of rotatable bonds is 5. The fourth-order valence-corrected chi connectivity index (χ4v) is 3.82. The van der Waals surface area contributed by atoms with Crippen LogP contribution in [-0.4, -0.2) is 25.0 Å². The summed E-state index contributed by atoms with van der Waals surface area (Å²) in [7, 11) is 1.13. The molecule has 3 atom stereocenters. The summed E-state index contributed by atoms with van der Waals surface area (Å²) in [6.45, 7) is 0. The van der Waals surface area contributed by atoms with Gasteiger partial charge in [0.25, 0.3) is 5.91 Å². The quantitative estimate of drug-likeness (QED) is 0.221. The Kier molecular flexibility index (Phi) is 6.82. The molecule has 0 saturated carbocycles. The Morgan fingerprint density at radius 3 is 2.16 bits per heavy atom. The molecule has 1 N–H and O–H groups in total. The second-order valence-electron chi connectivity index (χ2n) is 6.98. The van der Waals surface area contributed by atoms with E-state index < -0.39 is 70.2 Å². The fraction of sp³-hybridized carbons (Fsp3) is 0.238. The van der Waals surface area contributed by atoms with Crippen molar-refractivity contribution in [2.24, 2.45) is 5.92 Å². The topological polar surface area (TPSA) is 55.4 Å². The Hall–Kier alpha value is -3.01. The van der Waals surface area contributed by atoms with Crippen LogP contribution in [0.5, 0.6) is 0 Å². The van der Waals surface area contributed by atoms with Gasteiger partial charge in [0.1, 0.15) is 11.4 Å². The van der Waals surface area contributed by atoms with Crippen molar-refractivity contribution in [1.29, 1.82) is 0 Å². The normalized spacial score (nSPS) is 18.5. The molecule has 0 heterocycles. The molecule has 0 saturated heterocycles. The van der Waals surface area contributed by atoms with Gasteiger partial charge in [-0.25, -0.2) is 26.3 Å². The molecule has 2 aromatic carbocycles. The van der Waals surface area contributed by atoms with Crippen LogP contribution in [0.15, 0.2) is 30.4 Å². The van der Waals surface area contributed by atoms with E-state index in [1.165, 1.54) is 18.2 Å². The van der Waals surface area contributed by atoms with Crippen molar-refractivity contribution in [2.75, 3.05) is 7.11 Å². The van der Waals surface area contributed by atoms with Crippen LogP contribution in [-0.2, 0) is 9.53 Å². The van der Waals surface area contributed by atoms with Crippen molar-refractivity contribution in [3.05, 3.63) is 81.4 Å². The molecule has 170 valence electrons. The zero-order valence-corrected chi connectivity index (χ0v) is 17.0. The number of carbonyl (C=O) groups is 2. The zero-order valence-electron chi connectivity index (χ0n) is 16.2. The van der Waals surface area contributed by atoms with Gasteiger partial charge >= 0.3 is 5.97 Å². The number of nitrogens with one attached hydrogen (secondary N) is 1. The highest BCUT2D eigenvalue weighted by Gasteiger charge is 2.36. The monoisotopic (exact) mass is 477 g/mol. The first-order valence-electron chi connectivity index (χ1n) is 9.10. The first kappa shape index (κ1) is 23.6. The van der Waals surface area contributed by atoms with Crippen molar-refractivity contribution in [1.82, 2.24) is 5.32 Å². The lowest BCUT2D eigenvalue weighted by Gasteiger charge is -2.23. The molecule has 0 bridgehead atoms. The van der Waals surface area contributed by atoms with E-state index in [2.05, 4.69) is 5.32 Å². The molecular formula is C21H14ClF6NO3. The number of esters is 1. The van der Waals surface area contributed by atoms with E-state index in [4.69, 9.17) is 16.3 Å². The molecule has 0 spiro atoms. The van der Waals surface area contributed by atoms with E-state index in [0.717, 1.165) is 19.2 Å². The van der Waals surface area contributed by atoms with Gasteiger partial charge in [0.05, 0.1) is 13.0 Å². The maximum Gasteiger partial charge on any atom is 0.313 e. The molecule has 1 aliphatic rings. The highest BCUT2D eigenvalue weighted by Crippen LogP contribution is 2.38. The van der Waals surface area contributed by atoms with Gasteiger partial charge in [0.2, 0.25) is 5.82 Å². The van der Waals surface area contributed by atoms with Gasteiger partial charge in [-0.2, -0.15) is 0 Å². The lowest BCUT2D eigenvalue weighted by atomic mass is 9.85. The standard InChI is InChI=1S/C21H14ClF6NO3/c1-32-21(31)13(11-5-3-9(23)7-12(11)22)8-2-4-10(6-8)29-20(30)14-15(24)17(26)19(28)18(27)16(14)25/h2-5,7-8,10,13H,6H2,1H3,(H,29,30)/t8-,10-,13-/m0/s1. The van der Waals surface area contributed by atoms with E-state index in [1.54, 1.807) is 0 Å². The molecule has 0 fully saturated rings. The number of ether oxygens (including phenoxy) is 1. The molecule has 0 unspecified atom stereocenters. The van der Waals surface area contributed by atoms with Crippen LogP contribution >= 0.6 is 11.6 Å². The third-order valence-corrected chi connectivity index (χ3v) is 5.38. The Balaban J connectivity index is 1.83. The molecule has 11 heteroatoms. The minimum Gasteiger partial charge on any atom is -0.469 e. The van der Waals surface area contributed by atoms with Gasteiger partial charge < -0.3 is 10.1 Å². The molecule has 32 heavy (non-hydrogen) atoms. The summed E-state index contributed by atoms with van der Waals surface area (Å²) in [5.74, 6) is -15.9. The summed E-state index contributed by atoms with van der Waals surface area (Å²) in [5.41, 5.74) is -1.37. The molecule has 0 aromatic heterocycles. The number of methoxy groups -OCH3 is 1. The maximum absolute atomic E-state index is 13.9. The predicted octanol–water partition coefficient (Wildman–Crippen LogP) is 4.81. The Bertz CT molecular complexity index is 1090. The van der Waals surface area contributed by atoms with Crippen LogP contribution in [0.4, 0.5) is 26.3 Å². The lowest BCUT2D eigenvalue weighted by molar-refractivity contribution is -0.143. The molecule has 1 aliphatic carbocycles. The van der Waals surface area contributed by atoms with Crippen molar-refractivity contribution in [2.45, 2.75) is 18.4 Å². The van der Waals surface area contributed by atoms with Crippen molar-refractivity contribution >= 4 is 23.5 Å². The highest BCUT2D eigenvalue weighted by atomic mass is 35.5. The third-order valence-electron chi connectivity index (χ3n) is 5.05. The van der Waals surface area contributed by atoms with Crippen LogP contribution in [0.25, 0.3) is 0 Å². The Labute approximate surface area is 182 Å². The van der Waals surface area contributed by atoms with Gasteiger partial charge in [-0.05, 0) is 30.0 Å². The summed E-state index contributed by atoms with van der Waals surface area (Å²) >= 11 is 6.06. The summed E-state index contributed by atoms with van der Waals surface area (Å²) in [5, 5.41) is 2.12. The van der Waals surface area contributed by atoms with E-state index >= 15 is 0 Å². The molecule has 3 rings (SSSR count). The average molecular weight is 478 g/mol. The van der Waals surface area contributed by atoms with Crippen LogP contribution in [0, 0.1) is 40.8 Å². The van der Waals surface area contributed by atoms with E-state index in [9.17, 15) is 35.9 Å². The Morgan fingerprint density at radius 1 is 1.00 bits per heavy atom.